The highest BCUT2D eigenvalue weighted by Gasteiger charge is 2.37. The molecular weight excluding hydrogens is 486 g/mol. The van der Waals surface area contributed by atoms with Gasteiger partial charge in [0.25, 0.3) is 0 Å². The summed E-state index contributed by atoms with van der Waals surface area (Å²) in [6, 6.07) is 5.86. The van der Waals surface area contributed by atoms with E-state index in [-0.39, 0.29) is 30.6 Å². The largest absolute Gasteiger partial charge is 0.493 e. The standard InChI is InChI=1S/C25H24F2N6O4/c1-25(2,3)37-24(34)32-9-15-16(26)5-6-18-21(15)13(10-35-18)11-36-19-7-14(17-8-20(27)30-31(17)4)22-29-28-12-33(22)23(19)32/h5-8,12-13H,9-11H2,1-4H3/t13-/m1/s1. The molecule has 0 aliphatic carbocycles. The quantitative estimate of drug-likeness (QED) is 0.378. The number of benzene rings is 1. The van der Waals surface area contributed by atoms with E-state index in [0.717, 1.165) is 0 Å². The minimum Gasteiger partial charge on any atom is -0.493 e. The first-order chi connectivity index (χ1) is 17.6. The van der Waals surface area contributed by atoms with Crippen molar-refractivity contribution in [2.24, 2.45) is 7.05 Å². The van der Waals surface area contributed by atoms with Crippen LogP contribution in [0, 0.1) is 11.8 Å². The fraction of sp³-hybridized carbons (Fsp3) is 0.360. The molecule has 6 rings (SSSR count). The van der Waals surface area contributed by atoms with Crippen LogP contribution in [0.4, 0.5) is 19.4 Å². The normalized spacial score (nSPS) is 16.8. The van der Waals surface area contributed by atoms with E-state index in [1.165, 1.54) is 28.0 Å². The van der Waals surface area contributed by atoms with Crippen LogP contribution in [0.5, 0.6) is 11.5 Å². The van der Waals surface area contributed by atoms with Gasteiger partial charge in [0.1, 0.15) is 23.5 Å². The Morgan fingerprint density at radius 3 is 2.59 bits per heavy atom. The van der Waals surface area contributed by atoms with Crippen molar-refractivity contribution in [2.45, 2.75) is 38.8 Å². The molecule has 2 aliphatic heterocycles. The van der Waals surface area contributed by atoms with Gasteiger partial charge in [0.15, 0.2) is 17.2 Å². The van der Waals surface area contributed by atoms with E-state index in [9.17, 15) is 9.18 Å². The zero-order chi connectivity index (χ0) is 26.1. The molecule has 0 saturated carbocycles. The predicted molar refractivity (Wildman–Crippen MR) is 128 cm³/mol. The van der Waals surface area contributed by atoms with Crippen molar-refractivity contribution in [3.63, 3.8) is 0 Å². The van der Waals surface area contributed by atoms with Crippen molar-refractivity contribution in [1.82, 2.24) is 24.4 Å². The van der Waals surface area contributed by atoms with Gasteiger partial charge in [-0.2, -0.15) is 4.39 Å². The molecule has 1 aromatic carbocycles. The fourth-order valence-corrected chi connectivity index (χ4v) is 4.84. The molecule has 0 radical (unpaired) electrons. The van der Waals surface area contributed by atoms with Gasteiger partial charge < -0.3 is 14.2 Å². The van der Waals surface area contributed by atoms with E-state index in [0.29, 0.717) is 40.4 Å². The molecule has 2 aliphatic rings. The molecule has 192 valence electrons. The number of rotatable bonds is 1. The molecule has 5 heterocycles. The minimum atomic E-state index is -0.822. The van der Waals surface area contributed by atoms with Gasteiger partial charge >= 0.3 is 6.09 Å². The molecule has 37 heavy (non-hydrogen) atoms. The second-order valence-corrected chi connectivity index (χ2v) is 10.1. The van der Waals surface area contributed by atoms with Crippen LogP contribution >= 0.6 is 0 Å². The number of carbonyl (C=O) groups excluding carboxylic acids is 1. The van der Waals surface area contributed by atoms with Crippen LogP contribution < -0.4 is 14.4 Å². The molecule has 0 bridgehead atoms. The maximum absolute atomic E-state index is 15.3. The number of hydrogen-bond donors (Lipinski definition) is 0. The van der Waals surface area contributed by atoms with Crippen LogP contribution in [0.3, 0.4) is 0 Å². The number of nitrogens with zero attached hydrogens (tertiary/aromatic N) is 6. The molecule has 3 aromatic heterocycles. The van der Waals surface area contributed by atoms with Gasteiger partial charge in [0.2, 0.25) is 5.95 Å². The summed E-state index contributed by atoms with van der Waals surface area (Å²) >= 11 is 0. The molecule has 4 aromatic rings. The van der Waals surface area contributed by atoms with Crippen molar-refractivity contribution >= 4 is 17.6 Å². The van der Waals surface area contributed by atoms with Crippen LogP contribution in [0.2, 0.25) is 0 Å². The number of fused-ring (bicyclic) bond motifs is 3. The Labute approximate surface area is 210 Å². The monoisotopic (exact) mass is 510 g/mol. The maximum Gasteiger partial charge on any atom is 0.416 e. The van der Waals surface area contributed by atoms with Crippen LogP contribution in [0.15, 0.2) is 30.6 Å². The Balaban J connectivity index is 1.61. The van der Waals surface area contributed by atoms with E-state index in [1.54, 1.807) is 44.4 Å². The zero-order valence-corrected chi connectivity index (χ0v) is 20.7. The van der Waals surface area contributed by atoms with Gasteiger partial charge in [-0.3, -0.25) is 14.0 Å². The second-order valence-electron chi connectivity index (χ2n) is 10.1. The molecule has 0 saturated heterocycles. The number of ether oxygens (including phenoxy) is 3. The van der Waals surface area contributed by atoms with E-state index < -0.39 is 23.5 Å². The summed E-state index contributed by atoms with van der Waals surface area (Å²) in [5.74, 6) is -0.276. The van der Waals surface area contributed by atoms with Crippen LogP contribution in [0.25, 0.3) is 16.9 Å². The average Bonchev–Trinajstić information content (AvgIpc) is 3.54. The smallest absolute Gasteiger partial charge is 0.416 e. The highest BCUT2D eigenvalue weighted by molar-refractivity contribution is 5.91. The molecule has 12 heteroatoms. The van der Waals surface area contributed by atoms with Gasteiger partial charge in [0, 0.05) is 29.8 Å². The first kappa shape index (κ1) is 23.2. The Hall–Kier alpha value is -4.22. The second kappa shape index (κ2) is 8.15. The number of carbonyl (C=O) groups is 1. The summed E-state index contributed by atoms with van der Waals surface area (Å²) in [5.41, 5.74) is 1.42. The molecule has 1 atom stereocenters. The number of hydrogen-bond acceptors (Lipinski definition) is 7. The maximum atomic E-state index is 15.3. The topological polar surface area (TPSA) is 96.0 Å². The summed E-state index contributed by atoms with van der Waals surface area (Å²) in [4.78, 5) is 14.9. The molecule has 0 N–H and O–H groups in total. The van der Waals surface area contributed by atoms with Crippen LogP contribution in [0.1, 0.15) is 37.8 Å². The predicted octanol–water partition coefficient (Wildman–Crippen LogP) is 4.22. The Morgan fingerprint density at radius 2 is 1.89 bits per heavy atom. The Morgan fingerprint density at radius 1 is 1.14 bits per heavy atom. The molecule has 0 unspecified atom stereocenters. The van der Waals surface area contributed by atoms with Crippen LogP contribution in [-0.2, 0) is 18.3 Å². The van der Waals surface area contributed by atoms with E-state index in [2.05, 4.69) is 15.3 Å². The van der Waals surface area contributed by atoms with Gasteiger partial charge in [-0.05, 0) is 39.0 Å². The SMILES string of the molecule is Cn1nc(F)cc1-c1cc2c(n3cnnc13)N(C(=O)OC(C)(C)C)Cc1c(F)ccc3c1[C@H](CO3)CO2. The van der Waals surface area contributed by atoms with E-state index >= 15 is 4.39 Å². The number of pyridine rings is 1. The summed E-state index contributed by atoms with van der Waals surface area (Å²) in [6.07, 6.45) is 0.712. The van der Waals surface area contributed by atoms with Gasteiger partial charge in [-0.1, -0.05) is 0 Å². The number of amides is 1. The van der Waals surface area contributed by atoms with Crippen molar-refractivity contribution in [2.75, 3.05) is 18.1 Å². The number of anilines is 1. The summed E-state index contributed by atoms with van der Waals surface area (Å²) in [7, 11) is 1.61. The summed E-state index contributed by atoms with van der Waals surface area (Å²) in [5, 5.41) is 12.1. The first-order valence-electron chi connectivity index (χ1n) is 11.7. The lowest BCUT2D eigenvalue weighted by Gasteiger charge is -2.29. The lowest BCUT2D eigenvalue weighted by molar-refractivity contribution is 0.0574. The van der Waals surface area contributed by atoms with Crippen molar-refractivity contribution in [1.29, 1.82) is 0 Å². The molecule has 0 spiro atoms. The number of aryl methyl sites for hydroxylation is 1. The average molecular weight is 511 g/mol. The van der Waals surface area contributed by atoms with Gasteiger partial charge in [0.05, 0.1) is 31.4 Å². The van der Waals surface area contributed by atoms with Gasteiger partial charge in [-0.15, -0.1) is 15.3 Å². The number of halogens is 2. The van der Waals surface area contributed by atoms with Crippen molar-refractivity contribution < 1.29 is 27.8 Å². The third kappa shape index (κ3) is 3.83. The van der Waals surface area contributed by atoms with Gasteiger partial charge in [-0.25, -0.2) is 9.18 Å². The van der Waals surface area contributed by atoms with Crippen LogP contribution in [-0.4, -0.2) is 49.3 Å². The highest BCUT2D eigenvalue weighted by Crippen LogP contribution is 2.44. The van der Waals surface area contributed by atoms with Crippen molar-refractivity contribution in [3.8, 4) is 22.8 Å². The first-order valence-corrected chi connectivity index (χ1v) is 11.7. The fourth-order valence-electron chi connectivity index (χ4n) is 4.84. The highest BCUT2D eigenvalue weighted by atomic mass is 19.1. The summed E-state index contributed by atoms with van der Waals surface area (Å²) in [6.45, 7) is 5.56. The number of aromatic nitrogens is 5. The lowest BCUT2D eigenvalue weighted by atomic mass is 9.95. The molecule has 0 fully saturated rings. The lowest BCUT2D eigenvalue weighted by Crippen LogP contribution is -2.38. The zero-order valence-electron chi connectivity index (χ0n) is 20.7. The van der Waals surface area contributed by atoms with E-state index in [4.69, 9.17) is 14.2 Å². The molecule has 10 nitrogen and oxygen atoms in total. The minimum absolute atomic E-state index is 0.146. The third-order valence-corrected chi connectivity index (χ3v) is 6.37. The molecule has 1 amide bonds. The Bertz CT molecular complexity index is 1560. The Kier molecular flexibility index (Phi) is 5.11. The summed E-state index contributed by atoms with van der Waals surface area (Å²) < 4.78 is 50.0. The van der Waals surface area contributed by atoms with Crippen molar-refractivity contribution in [3.05, 3.63) is 53.5 Å². The molecular formula is C25H24F2N6O4. The third-order valence-electron chi connectivity index (χ3n) is 6.37. The van der Waals surface area contributed by atoms with E-state index in [1.807, 2.05) is 0 Å².